The maximum absolute atomic E-state index is 12.8. The first-order valence-corrected chi connectivity index (χ1v) is 8.97. The van der Waals surface area contributed by atoms with Gasteiger partial charge in [-0.25, -0.2) is 4.79 Å². The molecule has 28 heavy (non-hydrogen) atoms. The van der Waals surface area contributed by atoms with Crippen LogP contribution in [0, 0.1) is 5.92 Å². The van der Waals surface area contributed by atoms with Crippen molar-refractivity contribution < 1.29 is 19.1 Å². The van der Waals surface area contributed by atoms with E-state index in [9.17, 15) is 14.4 Å². The van der Waals surface area contributed by atoms with Gasteiger partial charge in [-0.3, -0.25) is 9.59 Å². The third-order valence-corrected chi connectivity index (χ3v) is 4.07. The smallest absolute Gasteiger partial charge is 0.339 e. The van der Waals surface area contributed by atoms with Gasteiger partial charge in [-0.2, -0.15) is 0 Å². The van der Waals surface area contributed by atoms with Gasteiger partial charge < -0.3 is 21.1 Å². The van der Waals surface area contributed by atoms with Crippen LogP contribution in [0.1, 0.15) is 41.0 Å². The second kappa shape index (κ2) is 9.66. The standard InChI is InChI=1S/C21H25N3O4/c1-13(2)12-16(22)20(26)24-17-10-6-4-8-14(17)19(25)23-18-11-7-5-9-15(18)21(27)28-3/h4-11,13,16H,12,22H2,1-3H3,(H,23,25)(H,24,26)/t16-/m0/s1. The lowest BCUT2D eigenvalue weighted by molar-refractivity contribution is -0.117. The minimum atomic E-state index is -0.670. The zero-order chi connectivity index (χ0) is 20.7. The summed E-state index contributed by atoms with van der Waals surface area (Å²) in [5.41, 5.74) is 7.08. The van der Waals surface area contributed by atoms with E-state index in [1.165, 1.54) is 7.11 Å². The molecule has 1 atom stereocenters. The second-order valence-electron chi connectivity index (χ2n) is 6.76. The number of benzene rings is 2. The van der Waals surface area contributed by atoms with Gasteiger partial charge in [0.05, 0.1) is 35.7 Å². The first kappa shape index (κ1) is 21.1. The van der Waals surface area contributed by atoms with Crippen molar-refractivity contribution in [3.8, 4) is 0 Å². The fraction of sp³-hybridized carbons (Fsp3) is 0.286. The van der Waals surface area contributed by atoms with Crippen LogP contribution in [0.25, 0.3) is 0 Å². The largest absolute Gasteiger partial charge is 0.465 e. The number of amides is 2. The molecule has 0 saturated carbocycles. The van der Waals surface area contributed by atoms with Crippen LogP contribution < -0.4 is 16.4 Å². The molecule has 2 rings (SSSR count). The summed E-state index contributed by atoms with van der Waals surface area (Å²) in [4.78, 5) is 37.0. The Hall–Kier alpha value is -3.19. The Morgan fingerprint density at radius 3 is 2.04 bits per heavy atom. The Kier molecular flexibility index (Phi) is 7.28. The number of carbonyl (C=O) groups is 3. The van der Waals surface area contributed by atoms with Gasteiger partial charge in [-0.1, -0.05) is 38.1 Å². The van der Waals surface area contributed by atoms with E-state index < -0.39 is 17.9 Å². The molecular weight excluding hydrogens is 358 g/mol. The van der Waals surface area contributed by atoms with E-state index in [4.69, 9.17) is 10.5 Å². The zero-order valence-corrected chi connectivity index (χ0v) is 16.2. The first-order chi connectivity index (χ1) is 13.3. The summed E-state index contributed by atoms with van der Waals surface area (Å²) in [6.45, 7) is 3.96. The number of ether oxygens (including phenoxy) is 1. The van der Waals surface area contributed by atoms with E-state index in [1.54, 1.807) is 48.5 Å². The highest BCUT2D eigenvalue weighted by molar-refractivity contribution is 6.12. The third kappa shape index (κ3) is 5.40. The number of nitrogens with two attached hydrogens (primary N) is 1. The minimum absolute atomic E-state index is 0.235. The van der Waals surface area contributed by atoms with Gasteiger partial charge in [0.2, 0.25) is 5.91 Å². The van der Waals surface area contributed by atoms with Crippen LogP contribution in [0.15, 0.2) is 48.5 Å². The van der Waals surface area contributed by atoms with Crippen LogP contribution >= 0.6 is 0 Å². The van der Waals surface area contributed by atoms with Crippen molar-refractivity contribution in [2.75, 3.05) is 17.7 Å². The van der Waals surface area contributed by atoms with Crippen molar-refractivity contribution >= 4 is 29.2 Å². The molecule has 7 heteroatoms. The molecule has 4 N–H and O–H groups in total. The van der Waals surface area contributed by atoms with Gasteiger partial charge >= 0.3 is 5.97 Å². The highest BCUT2D eigenvalue weighted by Crippen LogP contribution is 2.21. The molecule has 0 aliphatic heterocycles. The summed E-state index contributed by atoms with van der Waals surface area (Å²) in [7, 11) is 1.27. The SMILES string of the molecule is COC(=O)c1ccccc1NC(=O)c1ccccc1NC(=O)[C@@H](N)CC(C)C. The van der Waals surface area contributed by atoms with Crippen molar-refractivity contribution in [1.29, 1.82) is 0 Å². The predicted octanol–water partition coefficient (Wildman–Crippen LogP) is 3.04. The molecule has 0 saturated heterocycles. The van der Waals surface area contributed by atoms with Gasteiger partial charge in [-0.05, 0) is 36.6 Å². The second-order valence-corrected chi connectivity index (χ2v) is 6.76. The monoisotopic (exact) mass is 383 g/mol. The summed E-state index contributed by atoms with van der Waals surface area (Å²) in [6, 6.07) is 12.5. The molecule has 0 radical (unpaired) electrons. The molecule has 0 fully saturated rings. The average molecular weight is 383 g/mol. The van der Waals surface area contributed by atoms with Gasteiger partial charge in [-0.15, -0.1) is 0 Å². The average Bonchev–Trinajstić information content (AvgIpc) is 2.67. The maximum Gasteiger partial charge on any atom is 0.339 e. The molecule has 0 aliphatic carbocycles. The van der Waals surface area contributed by atoms with Crippen LogP contribution in [0.3, 0.4) is 0 Å². The molecule has 2 aromatic rings. The number of rotatable bonds is 7. The van der Waals surface area contributed by atoms with Crippen molar-refractivity contribution in [2.24, 2.45) is 11.7 Å². The third-order valence-electron chi connectivity index (χ3n) is 4.07. The Labute approximate surface area is 164 Å². The topological polar surface area (TPSA) is 111 Å². The van der Waals surface area contributed by atoms with Crippen LogP contribution in [0.5, 0.6) is 0 Å². The Balaban J connectivity index is 2.22. The summed E-state index contributed by atoms with van der Waals surface area (Å²) < 4.78 is 4.74. The molecule has 7 nitrogen and oxygen atoms in total. The van der Waals surface area contributed by atoms with Gasteiger partial charge in [0.1, 0.15) is 0 Å². The predicted molar refractivity (Wildman–Crippen MR) is 108 cm³/mol. The molecule has 2 amide bonds. The number of methoxy groups -OCH3 is 1. The zero-order valence-electron chi connectivity index (χ0n) is 16.2. The molecule has 2 aromatic carbocycles. The Morgan fingerprint density at radius 2 is 1.46 bits per heavy atom. The molecular formula is C21H25N3O4. The van der Waals surface area contributed by atoms with E-state index in [0.717, 1.165) is 0 Å². The van der Waals surface area contributed by atoms with Crippen molar-refractivity contribution in [3.63, 3.8) is 0 Å². The number of para-hydroxylation sites is 2. The summed E-state index contributed by atoms with van der Waals surface area (Å²) in [5, 5.41) is 5.41. The number of hydrogen-bond acceptors (Lipinski definition) is 5. The van der Waals surface area contributed by atoms with Crippen molar-refractivity contribution in [1.82, 2.24) is 0 Å². The lowest BCUT2D eigenvalue weighted by Crippen LogP contribution is -2.37. The molecule has 0 unspecified atom stereocenters. The quantitative estimate of drug-likeness (QED) is 0.637. The minimum Gasteiger partial charge on any atom is -0.465 e. The number of hydrogen-bond donors (Lipinski definition) is 3. The summed E-state index contributed by atoms with van der Waals surface area (Å²) in [6.07, 6.45) is 0.534. The molecule has 148 valence electrons. The summed E-state index contributed by atoms with van der Waals surface area (Å²) in [5.74, 6) is -1.11. The Morgan fingerprint density at radius 1 is 0.929 bits per heavy atom. The van der Waals surface area contributed by atoms with Crippen molar-refractivity contribution in [2.45, 2.75) is 26.3 Å². The highest BCUT2D eigenvalue weighted by atomic mass is 16.5. The first-order valence-electron chi connectivity index (χ1n) is 8.97. The van der Waals surface area contributed by atoms with Gasteiger partial charge in [0, 0.05) is 0 Å². The van der Waals surface area contributed by atoms with E-state index in [-0.39, 0.29) is 23.0 Å². The van der Waals surface area contributed by atoms with E-state index >= 15 is 0 Å². The molecule has 0 heterocycles. The normalized spacial score (nSPS) is 11.6. The maximum atomic E-state index is 12.8. The lowest BCUT2D eigenvalue weighted by Gasteiger charge is -2.16. The Bertz CT molecular complexity index is 864. The molecule has 0 aliphatic rings. The lowest BCUT2D eigenvalue weighted by atomic mass is 10.0. The molecule has 0 bridgehead atoms. The van der Waals surface area contributed by atoms with E-state index in [0.29, 0.717) is 17.8 Å². The number of anilines is 2. The molecule has 0 aromatic heterocycles. The van der Waals surface area contributed by atoms with E-state index in [1.807, 2.05) is 13.8 Å². The summed E-state index contributed by atoms with van der Waals surface area (Å²) >= 11 is 0. The van der Waals surface area contributed by atoms with Crippen LogP contribution in [0.4, 0.5) is 11.4 Å². The van der Waals surface area contributed by atoms with Crippen LogP contribution in [0.2, 0.25) is 0 Å². The highest BCUT2D eigenvalue weighted by Gasteiger charge is 2.20. The van der Waals surface area contributed by atoms with Gasteiger partial charge in [0.15, 0.2) is 0 Å². The fourth-order valence-electron chi connectivity index (χ4n) is 2.70. The fourth-order valence-corrected chi connectivity index (χ4v) is 2.70. The van der Waals surface area contributed by atoms with Crippen molar-refractivity contribution in [3.05, 3.63) is 59.7 Å². The number of esters is 1. The number of carbonyl (C=O) groups excluding carboxylic acids is 3. The number of nitrogens with one attached hydrogen (secondary N) is 2. The van der Waals surface area contributed by atoms with E-state index in [2.05, 4.69) is 10.6 Å². The van der Waals surface area contributed by atoms with Crippen LogP contribution in [-0.4, -0.2) is 30.9 Å². The van der Waals surface area contributed by atoms with Gasteiger partial charge in [0.25, 0.3) is 5.91 Å². The molecule has 0 spiro atoms. The van der Waals surface area contributed by atoms with Crippen LogP contribution in [-0.2, 0) is 9.53 Å².